The minimum atomic E-state index is -3.75. The highest BCUT2D eigenvalue weighted by atomic mass is 32.2. The summed E-state index contributed by atoms with van der Waals surface area (Å²) >= 11 is 0. The molecule has 0 N–H and O–H groups in total. The Hall–Kier alpha value is -1.87. The second-order valence-corrected chi connectivity index (χ2v) is 6.38. The third-order valence-electron chi connectivity index (χ3n) is 2.74. The van der Waals surface area contributed by atoms with Crippen molar-refractivity contribution in [1.82, 2.24) is 9.21 Å². The highest BCUT2D eigenvalue weighted by Gasteiger charge is 2.26. The lowest BCUT2D eigenvalue weighted by Gasteiger charge is -2.17. The van der Waals surface area contributed by atoms with Crippen molar-refractivity contribution in [2.75, 3.05) is 34.3 Å². The Morgan fingerprint density at radius 3 is 2.38 bits per heavy atom. The van der Waals surface area contributed by atoms with Gasteiger partial charge in [-0.15, -0.1) is 0 Å². The molecule has 118 valence electrons. The molecule has 1 heterocycles. The molecule has 0 spiro atoms. The van der Waals surface area contributed by atoms with Gasteiger partial charge in [0, 0.05) is 20.6 Å². The minimum Gasteiger partial charge on any atom is -0.468 e. The van der Waals surface area contributed by atoms with E-state index < -0.39 is 21.9 Å². The Bertz CT molecular complexity index is 619. The summed E-state index contributed by atoms with van der Waals surface area (Å²) in [7, 11) is 0.184. The van der Waals surface area contributed by atoms with Crippen molar-refractivity contribution in [3.05, 3.63) is 17.9 Å². The van der Waals surface area contributed by atoms with Crippen LogP contribution in [0.15, 0.2) is 21.6 Å². The monoisotopic (exact) mass is 318 g/mol. The number of carbonyl (C=O) groups is 2. The molecule has 0 aromatic carbocycles. The van der Waals surface area contributed by atoms with E-state index in [0.717, 1.165) is 4.31 Å². The molecule has 21 heavy (non-hydrogen) atoms. The normalized spacial score (nSPS) is 11.5. The third-order valence-corrected chi connectivity index (χ3v) is 4.43. The molecule has 0 atom stereocenters. The van der Waals surface area contributed by atoms with E-state index in [-0.39, 0.29) is 23.9 Å². The van der Waals surface area contributed by atoms with Crippen LogP contribution in [-0.4, -0.2) is 63.8 Å². The average molecular weight is 318 g/mol. The van der Waals surface area contributed by atoms with Crippen LogP contribution in [-0.2, 0) is 19.6 Å². The smallest absolute Gasteiger partial charge is 0.325 e. The lowest BCUT2D eigenvalue weighted by atomic mass is 10.3. The van der Waals surface area contributed by atoms with E-state index in [0.29, 0.717) is 0 Å². The van der Waals surface area contributed by atoms with Crippen LogP contribution in [0.4, 0.5) is 0 Å². The molecule has 9 heteroatoms. The number of likely N-dealkylation sites (N-methyl/N-ethyl adjacent to an activating group) is 1. The van der Waals surface area contributed by atoms with Gasteiger partial charge in [-0.1, -0.05) is 0 Å². The van der Waals surface area contributed by atoms with Crippen molar-refractivity contribution in [2.24, 2.45) is 0 Å². The predicted octanol–water partition coefficient (Wildman–Crippen LogP) is 0.165. The fraction of sp³-hybridized carbons (Fsp3) is 0.500. The maximum absolute atomic E-state index is 12.2. The van der Waals surface area contributed by atoms with E-state index in [1.165, 1.54) is 38.2 Å². The molecule has 8 nitrogen and oxygen atoms in total. The maximum Gasteiger partial charge on any atom is 0.325 e. The molecule has 1 rings (SSSR count). The Kier molecular flexibility index (Phi) is 5.50. The first kappa shape index (κ1) is 17.2. The maximum atomic E-state index is 12.2. The standard InChI is InChI=1S/C12H18N2O6S/c1-5-14(8-10(15)19-4)12(16)9-6-7-11(20-9)21(17,18)13(2)3/h6-7H,5,8H2,1-4H3. The van der Waals surface area contributed by atoms with Crippen LogP contribution in [0.1, 0.15) is 17.5 Å². The Labute approximate surface area is 123 Å². The number of amides is 1. The van der Waals surface area contributed by atoms with Crippen LogP contribution >= 0.6 is 0 Å². The highest BCUT2D eigenvalue weighted by Crippen LogP contribution is 2.18. The van der Waals surface area contributed by atoms with E-state index >= 15 is 0 Å². The van der Waals surface area contributed by atoms with Gasteiger partial charge in [0.1, 0.15) is 6.54 Å². The lowest BCUT2D eigenvalue weighted by Crippen LogP contribution is -2.35. The molecular weight excluding hydrogens is 300 g/mol. The molecule has 0 aliphatic carbocycles. The Morgan fingerprint density at radius 2 is 1.90 bits per heavy atom. The first-order valence-corrected chi connectivity index (χ1v) is 7.56. The minimum absolute atomic E-state index is 0.152. The van der Waals surface area contributed by atoms with E-state index in [4.69, 9.17) is 4.42 Å². The van der Waals surface area contributed by atoms with Gasteiger partial charge in [-0.05, 0) is 19.1 Å². The average Bonchev–Trinajstić information content (AvgIpc) is 2.93. The van der Waals surface area contributed by atoms with Gasteiger partial charge in [0.15, 0.2) is 5.76 Å². The van der Waals surface area contributed by atoms with Crippen LogP contribution in [0.3, 0.4) is 0 Å². The van der Waals surface area contributed by atoms with Gasteiger partial charge >= 0.3 is 5.97 Å². The predicted molar refractivity (Wildman–Crippen MR) is 73.2 cm³/mol. The molecule has 0 radical (unpaired) electrons. The fourth-order valence-corrected chi connectivity index (χ4v) is 2.25. The summed E-state index contributed by atoms with van der Waals surface area (Å²) in [5.74, 6) is -1.30. The van der Waals surface area contributed by atoms with Gasteiger partial charge < -0.3 is 14.1 Å². The highest BCUT2D eigenvalue weighted by molar-refractivity contribution is 7.88. The molecule has 0 fully saturated rings. The summed E-state index contributed by atoms with van der Waals surface area (Å²) in [5.41, 5.74) is 0. The number of methoxy groups -OCH3 is 1. The molecule has 0 saturated carbocycles. The number of esters is 1. The molecule has 1 aromatic heterocycles. The summed E-state index contributed by atoms with van der Waals surface area (Å²) in [4.78, 5) is 24.6. The number of rotatable bonds is 6. The van der Waals surface area contributed by atoms with Gasteiger partial charge in [-0.2, -0.15) is 0 Å². The molecule has 1 amide bonds. The molecule has 0 aliphatic rings. The number of nitrogens with zero attached hydrogens (tertiary/aromatic N) is 2. The molecule has 0 bridgehead atoms. The van der Waals surface area contributed by atoms with E-state index in [2.05, 4.69) is 4.74 Å². The van der Waals surface area contributed by atoms with Crippen molar-refractivity contribution >= 4 is 21.9 Å². The van der Waals surface area contributed by atoms with Crippen molar-refractivity contribution in [3.63, 3.8) is 0 Å². The van der Waals surface area contributed by atoms with Crippen molar-refractivity contribution in [2.45, 2.75) is 12.0 Å². The van der Waals surface area contributed by atoms with Crippen molar-refractivity contribution < 1.29 is 27.2 Å². The fourth-order valence-electron chi connectivity index (χ4n) is 1.46. The van der Waals surface area contributed by atoms with E-state index in [1.807, 2.05) is 0 Å². The summed E-state index contributed by atoms with van der Waals surface area (Å²) in [6.07, 6.45) is 0. The van der Waals surface area contributed by atoms with Gasteiger partial charge in [-0.3, -0.25) is 9.59 Å². The molecule has 1 aromatic rings. The van der Waals surface area contributed by atoms with Crippen LogP contribution in [0.2, 0.25) is 0 Å². The second kappa shape index (κ2) is 6.72. The molecule has 0 saturated heterocycles. The first-order valence-electron chi connectivity index (χ1n) is 6.12. The summed E-state index contributed by atoms with van der Waals surface area (Å²) < 4.78 is 34.3. The van der Waals surface area contributed by atoms with Crippen molar-refractivity contribution in [1.29, 1.82) is 0 Å². The molecular formula is C12H18N2O6S. The third kappa shape index (κ3) is 3.82. The van der Waals surface area contributed by atoms with Crippen LogP contribution in [0, 0.1) is 0 Å². The number of hydrogen-bond acceptors (Lipinski definition) is 6. The van der Waals surface area contributed by atoms with Gasteiger partial charge in [0.05, 0.1) is 7.11 Å². The van der Waals surface area contributed by atoms with Crippen LogP contribution in [0.25, 0.3) is 0 Å². The Balaban J connectivity index is 2.99. The van der Waals surface area contributed by atoms with Gasteiger partial charge in [-0.25, -0.2) is 12.7 Å². The number of ether oxygens (including phenoxy) is 1. The number of sulfonamides is 1. The summed E-state index contributed by atoms with van der Waals surface area (Å²) in [6.45, 7) is 1.70. The van der Waals surface area contributed by atoms with Crippen molar-refractivity contribution in [3.8, 4) is 0 Å². The zero-order valence-corrected chi connectivity index (χ0v) is 13.1. The van der Waals surface area contributed by atoms with Crippen LogP contribution in [0.5, 0.6) is 0 Å². The number of hydrogen-bond donors (Lipinski definition) is 0. The number of carbonyl (C=O) groups excluding carboxylic acids is 2. The van der Waals surface area contributed by atoms with Gasteiger partial charge in [0.25, 0.3) is 15.9 Å². The molecule has 0 unspecified atom stereocenters. The quantitative estimate of drug-likeness (QED) is 0.693. The number of furan rings is 1. The molecule has 0 aliphatic heterocycles. The summed E-state index contributed by atoms with van der Waals surface area (Å²) in [5, 5.41) is -0.329. The second-order valence-electron chi connectivity index (χ2n) is 4.30. The zero-order valence-electron chi connectivity index (χ0n) is 12.3. The zero-order chi connectivity index (χ0) is 16.2. The van der Waals surface area contributed by atoms with Crippen LogP contribution < -0.4 is 0 Å². The Morgan fingerprint density at radius 1 is 1.29 bits per heavy atom. The first-order chi connectivity index (χ1) is 9.73. The van der Waals surface area contributed by atoms with Gasteiger partial charge in [0.2, 0.25) is 5.09 Å². The SMILES string of the molecule is CCN(CC(=O)OC)C(=O)c1ccc(S(=O)(=O)N(C)C)o1. The topological polar surface area (TPSA) is 97.1 Å². The van der Waals surface area contributed by atoms with E-state index in [9.17, 15) is 18.0 Å². The summed E-state index contributed by atoms with van der Waals surface area (Å²) in [6, 6.07) is 2.47. The largest absolute Gasteiger partial charge is 0.468 e. The lowest BCUT2D eigenvalue weighted by molar-refractivity contribution is -0.141. The van der Waals surface area contributed by atoms with E-state index in [1.54, 1.807) is 6.92 Å².